The molecule has 2 rings (SSSR count). The number of hydrogen-bond donors (Lipinski definition) is 2. The molecule has 0 fully saturated rings. The van der Waals surface area contributed by atoms with Gasteiger partial charge in [0, 0.05) is 20.1 Å². The highest BCUT2D eigenvalue weighted by Crippen LogP contribution is 2.41. The molecule has 1 unspecified atom stereocenters. The van der Waals surface area contributed by atoms with Crippen molar-refractivity contribution in [3.63, 3.8) is 0 Å². The summed E-state index contributed by atoms with van der Waals surface area (Å²) in [4.78, 5) is 36.9. The SMILES string of the molecule is CCOP(=O)(O)CCN1CC(C(=O)N(C)Cc2ccc(Cl)c(Cl)c2)=C(O)C1=O. The van der Waals surface area contributed by atoms with E-state index in [4.69, 9.17) is 27.7 Å². The molecular weight excluding hydrogens is 430 g/mol. The van der Waals surface area contributed by atoms with Gasteiger partial charge in [-0.05, 0) is 24.6 Å². The van der Waals surface area contributed by atoms with Crippen molar-refractivity contribution in [1.82, 2.24) is 9.80 Å². The second-order valence-corrected chi connectivity index (χ2v) is 9.04. The number of amides is 2. The van der Waals surface area contributed by atoms with Crippen LogP contribution < -0.4 is 0 Å². The van der Waals surface area contributed by atoms with Gasteiger partial charge in [-0.1, -0.05) is 29.3 Å². The van der Waals surface area contributed by atoms with E-state index >= 15 is 0 Å². The molecule has 1 aromatic carbocycles. The molecule has 0 saturated carbocycles. The van der Waals surface area contributed by atoms with Crippen molar-refractivity contribution in [3.05, 3.63) is 45.1 Å². The molecule has 1 aromatic rings. The van der Waals surface area contributed by atoms with Crippen molar-refractivity contribution in [3.8, 4) is 0 Å². The number of aliphatic hydroxyl groups excluding tert-OH is 1. The summed E-state index contributed by atoms with van der Waals surface area (Å²) in [5.41, 5.74) is 0.654. The fraction of sp³-hybridized carbons (Fsp3) is 0.412. The maximum absolute atomic E-state index is 12.6. The maximum Gasteiger partial charge on any atom is 0.329 e. The summed E-state index contributed by atoms with van der Waals surface area (Å²) in [5, 5.41) is 10.8. The van der Waals surface area contributed by atoms with Crippen LogP contribution in [0.3, 0.4) is 0 Å². The molecular formula is C17H21Cl2N2O6P. The van der Waals surface area contributed by atoms with E-state index in [0.29, 0.717) is 10.0 Å². The van der Waals surface area contributed by atoms with Crippen molar-refractivity contribution in [2.45, 2.75) is 13.5 Å². The van der Waals surface area contributed by atoms with Crippen LogP contribution >= 0.6 is 30.8 Å². The van der Waals surface area contributed by atoms with Gasteiger partial charge >= 0.3 is 7.60 Å². The Bertz CT molecular complexity index is 860. The molecule has 1 atom stereocenters. The molecule has 1 aliphatic rings. The predicted octanol–water partition coefficient (Wildman–Crippen LogP) is 2.83. The van der Waals surface area contributed by atoms with Crippen LogP contribution in [0, 0.1) is 0 Å². The first-order valence-electron chi connectivity index (χ1n) is 8.43. The first-order chi connectivity index (χ1) is 13.1. The lowest BCUT2D eigenvalue weighted by Gasteiger charge is -2.20. The van der Waals surface area contributed by atoms with Gasteiger partial charge in [0.15, 0.2) is 5.76 Å². The van der Waals surface area contributed by atoms with E-state index in [1.165, 1.54) is 11.9 Å². The summed E-state index contributed by atoms with van der Waals surface area (Å²) >= 11 is 11.8. The average Bonchev–Trinajstić information content (AvgIpc) is 2.91. The fourth-order valence-electron chi connectivity index (χ4n) is 2.69. The number of rotatable bonds is 8. The van der Waals surface area contributed by atoms with Crippen molar-refractivity contribution in [1.29, 1.82) is 0 Å². The van der Waals surface area contributed by atoms with Gasteiger partial charge in [-0.2, -0.15) is 0 Å². The quantitative estimate of drug-likeness (QED) is 0.589. The van der Waals surface area contributed by atoms with E-state index in [0.717, 1.165) is 10.5 Å². The third kappa shape index (κ3) is 5.49. The average molecular weight is 451 g/mol. The normalized spacial score (nSPS) is 16.5. The van der Waals surface area contributed by atoms with Crippen LogP contribution in [0.1, 0.15) is 12.5 Å². The van der Waals surface area contributed by atoms with E-state index in [1.807, 2.05) is 0 Å². The first-order valence-corrected chi connectivity index (χ1v) is 10.9. The summed E-state index contributed by atoms with van der Waals surface area (Å²) in [5.74, 6) is -1.95. The second-order valence-electron chi connectivity index (χ2n) is 6.24. The number of halogens is 2. The molecule has 0 radical (unpaired) electrons. The summed E-state index contributed by atoms with van der Waals surface area (Å²) in [6, 6.07) is 4.95. The van der Waals surface area contributed by atoms with Crippen LogP contribution in [0.5, 0.6) is 0 Å². The van der Waals surface area contributed by atoms with Crippen LogP contribution in [0.25, 0.3) is 0 Å². The van der Waals surface area contributed by atoms with Crippen molar-refractivity contribution in [2.75, 3.05) is 32.9 Å². The molecule has 0 aromatic heterocycles. The van der Waals surface area contributed by atoms with Crippen molar-refractivity contribution < 1.29 is 28.7 Å². The Morgan fingerprint density at radius 3 is 2.64 bits per heavy atom. The molecule has 8 nitrogen and oxygen atoms in total. The highest BCUT2D eigenvalue weighted by Gasteiger charge is 2.36. The predicted molar refractivity (Wildman–Crippen MR) is 105 cm³/mol. The molecule has 0 saturated heterocycles. The Labute approximate surface area is 172 Å². The largest absolute Gasteiger partial charge is 0.503 e. The topological polar surface area (TPSA) is 107 Å². The van der Waals surface area contributed by atoms with Gasteiger partial charge in [0.2, 0.25) is 0 Å². The van der Waals surface area contributed by atoms with E-state index < -0.39 is 25.2 Å². The van der Waals surface area contributed by atoms with Crippen molar-refractivity contribution in [2.24, 2.45) is 0 Å². The standard InChI is InChI=1S/C17H21Cl2N2O6P/c1-3-27-28(25,26)7-6-21-10-12(15(22)17(21)24)16(23)20(2)9-11-4-5-13(18)14(19)8-11/h4-5,8,22H,3,6-7,9-10H2,1-2H3,(H,25,26). The first kappa shape index (κ1) is 22.7. The minimum absolute atomic E-state index is 0.0640. The summed E-state index contributed by atoms with van der Waals surface area (Å²) < 4.78 is 16.5. The number of benzene rings is 1. The van der Waals surface area contributed by atoms with Crippen LogP contribution in [0.2, 0.25) is 10.0 Å². The van der Waals surface area contributed by atoms with E-state index in [9.17, 15) is 24.2 Å². The Morgan fingerprint density at radius 1 is 1.36 bits per heavy atom. The van der Waals surface area contributed by atoms with Gasteiger partial charge in [-0.3, -0.25) is 14.2 Å². The highest BCUT2D eigenvalue weighted by atomic mass is 35.5. The summed E-state index contributed by atoms with van der Waals surface area (Å²) in [7, 11) is -2.30. The lowest BCUT2D eigenvalue weighted by molar-refractivity contribution is -0.127. The molecule has 1 heterocycles. The Morgan fingerprint density at radius 2 is 2.04 bits per heavy atom. The zero-order valence-corrected chi connectivity index (χ0v) is 17.8. The van der Waals surface area contributed by atoms with Gasteiger partial charge in [0.05, 0.1) is 34.9 Å². The number of hydrogen-bond acceptors (Lipinski definition) is 5. The second kappa shape index (κ2) is 9.29. The molecule has 2 N–H and O–H groups in total. The summed E-state index contributed by atoms with van der Waals surface area (Å²) in [6.07, 6.45) is -0.291. The molecule has 0 bridgehead atoms. The van der Waals surface area contributed by atoms with E-state index in [2.05, 4.69) is 0 Å². The third-order valence-electron chi connectivity index (χ3n) is 4.12. The number of carbonyl (C=O) groups is 2. The third-order valence-corrected chi connectivity index (χ3v) is 6.28. The zero-order valence-electron chi connectivity index (χ0n) is 15.4. The number of nitrogens with zero attached hydrogens (tertiary/aromatic N) is 2. The fourth-order valence-corrected chi connectivity index (χ4v) is 4.04. The minimum Gasteiger partial charge on any atom is -0.503 e. The smallest absolute Gasteiger partial charge is 0.329 e. The van der Waals surface area contributed by atoms with Gasteiger partial charge in [0.25, 0.3) is 11.8 Å². The molecule has 154 valence electrons. The molecule has 2 amide bonds. The van der Waals surface area contributed by atoms with E-state index in [-0.39, 0.29) is 38.0 Å². The van der Waals surface area contributed by atoms with Crippen LogP contribution in [0.15, 0.2) is 29.5 Å². The molecule has 28 heavy (non-hydrogen) atoms. The van der Waals surface area contributed by atoms with Gasteiger partial charge < -0.3 is 24.3 Å². The minimum atomic E-state index is -3.82. The van der Waals surface area contributed by atoms with Gasteiger partial charge in [0.1, 0.15) is 0 Å². The van der Waals surface area contributed by atoms with Gasteiger partial charge in [-0.25, -0.2) is 0 Å². The number of aliphatic hydroxyl groups is 1. The van der Waals surface area contributed by atoms with E-state index in [1.54, 1.807) is 25.1 Å². The monoisotopic (exact) mass is 450 g/mol. The Kier molecular flexibility index (Phi) is 7.53. The maximum atomic E-state index is 12.6. The number of likely N-dealkylation sites (N-methyl/N-ethyl adjacent to an activating group) is 1. The highest BCUT2D eigenvalue weighted by molar-refractivity contribution is 7.52. The zero-order chi connectivity index (χ0) is 21.1. The Hall–Kier alpha value is -1.57. The van der Waals surface area contributed by atoms with Gasteiger partial charge in [-0.15, -0.1) is 0 Å². The molecule has 11 heteroatoms. The molecule has 1 aliphatic heterocycles. The van der Waals surface area contributed by atoms with Crippen LogP contribution in [-0.4, -0.2) is 64.5 Å². The lowest BCUT2D eigenvalue weighted by atomic mass is 10.2. The summed E-state index contributed by atoms with van der Waals surface area (Å²) in [6.45, 7) is 1.56. The Balaban J connectivity index is 2.03. The molecule has 0 aliphatic carbocycles. The van der Waals surface area contributed by atoms with Crippen molar-refractivity contribution >= 4 is 42.6 Å². The molecule has 0 spiro atoms. The van der Waals surface area contributed by atoms with Crippen LogP contribution in [0.4, 0.5) is 0 Å². The lowest BCUT2D eigenvalue weighted by Crippen LogP contribution is -2.33. The number of carbonyl (C=O) groups excluding carboxylic acids is 2. The van der Waals surface area contributed by atoms with Crippen LogP contribution in [-0.2, 0) is 25.2 Å².